The lowest BCUT2D eigenvalue weighted by Crippen LogP contribution is -2.42. The van der Waals surface area contributed by atoms with Gasteiger partial charge in [0.25, 0.3) is 0 Å². The van der Waals surface area contributed by atoms with Crippen molar-refractivity contribution in [2.24, 2.45) is 16.6 Å². The van der Waals surface area contributed by atoms with Gasteiger partial charge in [0.05, 0.1) is 9.83 Å². The van der Waals surface area contributed by atoms with Gasteiger partial charge < -0.3 is 10.6 Å². The first kappa shape index (κ1) is 16.5. The molecule has 1 aliphatic carbocycles. The summed E-state index contributed by atoms with van der Waals surface area (Å²) in [5, 5.41) is 0. The van der Waals surface area contributed by atoms with Gasteiger partial charge in [0, 0.05) is 23.9 Å². The fraction of sp³-hybridized carbons (Fsp3) is 0.643. The van der Waals surface area contributed by atoms with Gasteiger partial charge in [-0.25, -0.2) is 4.99 Å². The normalized spacial score (nSPS) is 27.3. The van der Waals surface area contributed by atoms with Crippen LogP contribution in [-0.4, -0.2) is 30.0 Å². The predicted molar refractivity (Wildman–Crippen MR) is 100 cm³/mol. The Morgan fingerprint density at radius 3 is 2.70 bits per heavy atom. The van der Waals surface area contributed by atoms with Crippen LogP contribution < -0.4 is 5.73 Å². The smallest absolute Gasteiger partial charge is 0.191 e. The van der Waals surface area contributed by atoms with Gasteiger partial charge in [0.2, 0.25) is 0 Å². The number of guanidine groups is 1. The van der Waals surface area contributed by atoms with Gasteiger partial charge in [-0.15, -0.1) is 35.3 Å². The quantitative estimate of drug-likeness (QED) is 0.403. The summed E-state index contributed by atoms with van der Waals surface area (Å²) in [6.07, 6.45) is 3.63. The van der Waals surface area contributed by atoms with Gasteiger partial charge in [-0.1, -0.05) is 6.92 Å². The number of piperidine rings is 1. The predicted octanol–water partition coefficient (Wildman–Crippen LogP) is 4.03. The number of likely N-dealkylation sites (tertiary alicyclic amines) is 1. The summed E-state index contributed by atoms with van der Waals surface area (Å²) < 4.78 is 1.20. The lowest BCUT2D eigenvalue weighted by atomic mass is 10.00. The zero-order chi connectivity index (χ0) is 13.4. The number of nitrogens with two attached hydrogens (primary N) is 1. The largest absolute Gasteiger partial charge is 0.370 e. The molecule has 112 valence electrons. The van der Waals surface area contributed by atoms with E-state index in [4.69, 9.17) is 10.7 Å². The van der Waals surface area contributed by atoms with Crippen molar-refractivity contribution in [1.29, 1.82) is 0 Å². The van der Waals surface area contributed by atoms with Crippen LogP contribution in [0.15, 0.2) is 20.9 Å². The van der Waals surface area contributed by atoms with E-state index in [1.807, 2.05) is 11.3 Å². The first-order valence-electron chi connectivity index (χ1n) is 6.97. The molecule has 0 aromatic carbocycles. The monoisotopic (exact) mass is 469 g/mol. The van der Waals surface area contributed by atoms with Crippen LogP contribution in [0, 0.1) is 5.92 Å². The van der Waals surface area contributed by atoms with Crippen LogP contribution in [0.5, 0.6) is 0 Å². The number of thiophene rings is 1. The molecule has 2 aliphatic rings. The van der Waals surface area contributed by atoms with Gasteiger partial charge in [-0.05, 0) is 53.2 Å². The molecule has 2 atom stereocenters. The molecule has 2 N–H and O–H groups in total. The Morgan fingerprint density at radius 2 is 2.10 bits per heavy atom. The SMILES string of the molecule is CC1CCN(C(N)=N[C@@H]2C[C@H]2c2ccc(Br)s2)CC1.I. The van der Waals surface area contributed by atoms with E-state index in [-0.39, 0.29) is 24.0 Å². The van der Waals surface area contributed by atoms with Crippen LogP contribution >= 0.6 is 51.2 Å². The third-order valence-corrected chi connectivity index (χ3v) is 5.88. The van der Waals surface area contributed by atoms with E-state index < -0.39 is 0 Å². The summed E-state index contributed by atoms with van der Waals surface area (Å²) in [6.45, 7) is 4.45. The summed E-state index contributed by atoms with van der Waals surface area (Å²) in [5.74, 6) is 2.19. The van der Waals surface area contributed by atoms with Crippen molar-refractivity contribution in [2.75, 3.05) is 13.1 Å². The minimum absolute atomic E-state index is 0. The van der Waals surface area contributed by atoms with Crippen LogP contribution in [0.1, 0.15) is 37.0 Å². The number of hydrogen-bond donors (Lipinski definition) is 1. The van der Waals surface area contributed by atoms with Crippen LogP contribution in [0.3, 0.4) is 0 Å². The van der Waals surface area contributed by atoms with Gasteiger partial charge >= 0.3 is 0 Å². The molecule has 3 rings (SSSR count). The summed E-state index contributed by atoms with van der Waals surface area (Å²) in [7, 11) is 0. The Hall–Kier alpha value is 0.180. The second kappa shape index (κ2) is 6.96. The highest BCUT2D eigenvalue weighted by molar-refractivity contribution is 14.0. The van der Waals surface area contributed by atoms with Crippen LogP contribution in [0.25, 0.3) is 0 Å². The first-order chi connectivity index (χ1) is 9.13. The van der Waals surface area contributed by atoms with E-state index in [1.165, 1.54) is 21.5 Å². The van der Waals surface area contributed by atoms with Crippen molar-refractivity contribution in [3.63, 3.8) is 0 Å². The number of rotatable bonds is 2. The van der Waals surface area contributed by atoms with Crippen LogP contribution in [0.2, 0.25) is 0 Å². The third kappa shape index (κ3) is 3.88. The first-order valence-corrected chi connectivity index (χ1v) is 8.58. The van der Waals surface area contributed by atoms with Crippen LogP contribution in [-0.2, 0) is 0 Å². The highest BCUT2D eigenvalue weighted by Crippen LogP contribution is 2.46. The second-order valence-corrected chi connectivity index (χ2v) is 8.20. The summed E-state index contributed by atoms with van der Waals surface area (Å²) in [5.41, 5.74) is 6.15. The van der Waals surface area contributed by atoms with Crippen molar-refractivity contribution in [2.45, 2.75) is 38.1 Å². The maximum atomic E-state index is 6.15. The molecule has 2 heterocycles. The second-order valence-electron chi connectivity index (χ2n) is 5.71. The molecule has 0 amide bonds. The minimum Gasteiger partial charge on any atom is -0.370 e. The summed E-state index contributed by atoms with van der Waals surface area (Å²) >= 11 is 5.33. The summed E-state index contributed by atoms with van der Waals surface area (Å²) in [6, 6.07) is 4.73. The molecule has 1 saturated heterocycles. The average molecular weight is 470 g/mol. The average Bonchev–Trinajstić information content (AvgIpc) is 3.01. The van der Waals surface area contributed by atoms with Gasteiger partial charge in [0.1, 0.15) is 0 Å². The molecule has 1 saturated carbocycles. The van der Waals surface area contributed by atoms with Crippen LogP contribution in [0.4, 0.5) is 0 Å². The molecule has 0 unspecified atom stereocenters. The lowest BCUT2D eigenvalue weighted by Gasteiger charge is -2.31. The Kier molecular flexibility index (Phi) is 5.76. The highest BCUT2D eigenvalue weighted by Gasteiger charge is 2.40. The number of hydrogen-bond acceptors (Lipinski definition) is 2. The Balaban J connectivity index is 0.00000147. The molecule has 0 bridgehead atoms. The molecule has 1 aromatic heterocycles. The maximum absolute atomic E-state index is 6.15. The van der Waals surface area contributed by atoms with Crippen molar-refractivity contribution in [3.05, 3.63) is 20.8 Å². The van der Waals surface area contributed by atoms with E-state index in [9.17, 15) is 0 Å². The number of nitrogens with zero attached hydrogens (tertiary/aromatic N) is 2. The van der Waals surface area contributed by atoms with E-state index >= 15 is 0 Å². The molecule has 6 heteroatoms. The van der Waals surface area contributed by atoms with Crippen molar-refractivity contribution in [1.82, 2.24) is 4.90 Å². The van der Waals surface area contributed by atoms with Crippen molar-refractivity contribution < 1.29 is 0 Å². The minimum atomic E-state index is 0. The molecule has 2 fully saturated rings. The van der Waals surface area contributed by atoms with E-state index in [0.717, 1.165) is 31.4 Å². The fourth-order valence-electron chi connectivity index (χ4n) is 2.65. The van der Waals surface area contributed by atoms with Crippen molar-refractivity contribution in [3.8, 4) is 0 Å². The van der Waals surface area contributed by atoms with Gasteiger partial charge in [-0.2, -0.15) is 0 Å². The zero-order valence-corrected chi connectivity index (χ0v) is 16.3. The van der Waals surface area contributed by atoms with E-state index in [2.05, 4.69) is 39.9 Å². The molecule has 3 nitrogen and oxygen atoms in total. The van der Waals surface area contributed by atoms with Gasteiger partial charge in [-0.3, -0.25) is 0 Å². The Labute approximate surface area is 150 Å². The van der Waals surface area contributed by atoms with Crippen molar-refractivity contribution >= 4 is 57.2 Å². The molecular formula is C14H21BrIN3S. The zero-order valence-electron chi connectivity index (χ0n) is 11.6. The Morgan fingerprint density at radius 1 is 1.40 bits per heavy atom. The standard InChI is InChI=1S/C14H20BrN3S.HI/c1-9-4-6-18(7-5-9)14(16)17-11-8-10(11)12-2-3-13(15)19-12;/h2-3,9-11H,4-8H2,1H3,(H2,16,17);1H/t10-,11-;/m1./s1. The highest BCUT2D eigenvalue weighted by atomic mass is 127. The number of halogens is 2. The molecule has 0 radical (unpaired) electrons. The molecule has 20 heavy (non-hydrogen) atoms. The number of aliphatic imine (C=N–C) groups is 1. The molecular weight excluding hydrogens is 449 g/mol. The maximum Gasteiger partial charge on any atom is 0.191 e. The molecule has 1 aromatic rings. The molecule has 0 spiro atoms. The van der Waals surface area contributed by atoms with E-state index in [1.54, 1.807) is 0 Å². The Bertz CT molecular complexity index is 483. The topological polar surface area (TPSA) is 41.6 Å². The third-order valence-electron chi connectivity index (χ3n) is 4.12. The summed E-state index contributed by atoms with van der Waals surface area (Å²) in [4.78, 5) is 8.40. The van der Waals surface area contributed by atoms with Gasteiger partial charge in [0.15, 0.2) is 5.96 Å². The fourth-order valence-corrected chi connectivity index (χ4v) is 4.24. The molecule has 1 aliphatic heterocycles. The lowest BCUT2D eigenvalue weighted by molar-refractivity contribution is 0.277. The van der Waals surface area contributed by atoms with E-state index in [0.29, 0.717) is 12.0 Å².